The number of hydrogen-bond acceptors (Lipinski definition) is 7. The van der Waals surface area contributed by atoms with Gasteiger partial charge >= 0.3 is 11.6 Å². The summed E-state index contributed by atoms with van der Waals surface area (Å²) >= 11 is 1.56. The Morgan fingerprint density at radius 1 is 1.05 bits per heavy atom. The van der Waals surface area contributed by atoms with E-state index in [2.05, 4.69) is 31.4 Å². The largest absolute Gasteiger partial charge is 0.459 e. The molecule has 9 heteroatoms. The van der Waals surface area contributed by atoms with Crippen LogP contribution in [0.3, 0.4) is 0 Å². The van der Waals surface area contributed by atoms with Crippen molar-refractivity contribution in [3.8, 4) is 0 Å². The summed E-state index contributed by atoms with van der Waals surface area (Å²) in [7, 11) is 0. The second-order valence-corrected chi connectivity index (χ2v) is 10.7. The van der Waals surface area contributed by atoms with Gasteiger partial charge < -0.3 is 19.8 Å². The third kappa shape index (κ3) is 7.69. The monoisotopic (exact) mass is 524 g/mol. The van der Waals surface area contributed by atoms with E-state index in [0.717, 1.165) is 5.56 Å². The van der Waals surface area contributed by atoms with Crippen molar-refractivity contribution < 1.29 is 23.5 Å². The van der Waals surface area contributed by atoms with Crippen molar-refractivity contribution in [2.75, 3.05) is 17.3 Å². The van der Waals surface area contributed by atoms with Crippen LogP contribution in [0.1, 0.15) is 55.6 Å². The lowest BCUT2D eigenvalue weighted by molar-refractivity contribution is -0.147. The molecule has 196 valence electrons. The molecule has 0 bridgehead atoms. The highest BCUT2D eigenvalue weighted by Crippen LogP contribution is 2.23. The zero-order valence-corrected chi connectivity index (χ0v) is 22.5. The van der Waals surface area contributed by atoms with E-state index < -0.39 is 17.6 Å². The van der Waals surface area contributed by atoms with Gasteiger partial charge in [-0.05, 0) is 53.7 Å². The number of thioether (sulfide) groups is 1. The van der Waals surface area contributed by atoms with Gasteiger partial charge in [0.1, 0.15) is 18.2 Å². The lowest BCUT2D eigenvalue weighted by Crippen LogP contribution is -2.42. The van der Waals surface area contributed by atoms with Gasteiger partial charge in [0.15, 0.2) is 0 Å². The van der Waals surface area contributed by atoms with Gasteiger partial charge in [-0.1, -0.05) is 32.9 Å². The van der Waals surface area contributed by atoms with Crippen LogP contribution in [0, 0.1) is 0 Å². The van der Waals surface area contributed by atoms with Crippen LogP contribution in [0.2, 0.25) is 0 Å². The fourth-order valence-electron chi connectivity index (χ4n) is 3.73. The molecule has 1 atom stereocenters. The highest BCUT2D eigenvalue weighted by atomic mass is 32.2. The first-order valence-corrected chi connectivity index (χ1v) is 13.3. The van der Waals surface area contributed by atoms with E-state index in [1.165, 1.54) is 19.1 Å². The summed E-state index contributed by atoms with van der Waals surface area (Å²) in [5.74, 6) is -0.563. The molecule has 1 aromatic heterocycles. The maximum Gasteiger partial charge on any atom is 0.336 e. The molecule has 2 aromatic carbocycles. The van der Waals surface area contributed by atoms with Gasteiger partial charge in [-0.15, -0.1) is 0 Å². The first-order valence-electron chi connectivity index (χ1n) is 11.9. The number of hydrogen-bond donors (Lipinski definition) is 2. The molecule has 0 saturated heterocycles. The Morgan fingerprint density at radius 3 is 2.38 bits per heavy atom. The van der Waals surface area contributed by atoms with Crippen molar-refractivity contribution in [1.29, 1.82) is 0 Å². The second kappa shape index (κ2) is 12.1. The number of rotatable bonds is 9. The van der Waals surface area contributed by atoms with Gasteiger partial charge in [0.05, 0.1) is 0 Å². The molecule has 8 nitrogen and oxygen atoms in total. The minimum absolute atomic E-state index is 0.0377. The summed E-state index contributed by atoms with van der Waals surface area (Å²) in [6.07, 6.45) is 2.31. The Kier molecular flexibility index (Phi) is 9.15. The van der Waals surface area contributed by atoms with E-state index in [-0.39, 0.29) is 29.4 Å². The molecular formula is C28H32N2O6S. The average Bonchev–Trinajstić information content (AvgIpc) is 2.83. The minimum atomic E-state index is -0.847. The number of benzene rings is 2. The number of anilines is 1. The Balaban J connectivity index is 1.74. The lowest BCUT2D eigenvalue weighted by Gasteiger charge is -2.20. The maximum atomic E-state index is 13.0. The zero-order chi connectivity index (χ0) is 27.2. The Morgan fingerprint density at radius 2 is 1.76 bits per heavy atom. The van der Waals surface area contributed by atoms with E-state index in [9.17, 15) is 19.2 Å². The molecule has 0 aliphatic rings. The van der Waals surface area contributed by atoms with Gasteiger partial charge in [0.2, 0.25) is 5.91 Å². The molecule has 0 aliphatic heterocycles. The van der Waals surface area contributed by atoms with Crippen LogP contribution in [0.15, 0.2) is 57.7 Å². The van der Waals surface area contributed by atoms with Crippen LogP contribution in [0.5, 0.6) is 0 Å². The van der Waals surface area contributed by atoms with E-state index in [1.54, 1.807) is 36.0 Å². The van der Waals surface area contributed by atoms with E-state index in [4.69, 9.17) is 9.15 Å². The smallest absolute Gasteiger partial charge is 0.336 e. The molecule has 0 fully saturated rings. The van der Waals surface area contributed by atoms with Crippen molar-refractivity contribution >= 4 is 46.2 Å². The average molecular weight is 525 g/mol. The summed E-state index contributed by atoms with van der Waals surface area (Å²) in [5.41, 5.74) is 2.11. The number of esters is 1. The number of ether oxygens (including phenoxy) is 1. The predicted octanol–water partition coefficient (Wildman–Crippen LogP) is 4.64. The molecule has 0 radical (unpaired) electrons. The molecule has 0 saturated carbocycles. The number of fused-ring (bicyclic) bond motifs is 1. The summed E-state index contributed by atoms with van der Waals surface area (Å²) in [6.45, 7) is 7.49. The van der Waals surface area contributed by atoms with Crippen LogP contribution in [0.4, 0.5) is 5.69 Å². The topological polar surface area (TPSA) is 115 Å². The second-order valence-electron chi connectivity index (χ2n) is 9.73. The summed E-state index contributed by atoms with van der Waals surface area (Å²) in [5, 5.41) is 6.00. The molecule has 3 rings (SSSR count). The number of carbonyl (C=O) groups excluding carboxylic acids is 3. The first kappa shape index (κ1) is 28.0. The van der Waals surface area contributed by atoms with Gasteiger partial charge in [0, 0.05) is 41.3 Å². The molecular weight excluding hydrogens is 492 g/mol. The summed E-state index contributed by atoms with van der Waals surface area (Å²) < 4.78 is 10.8. The standard InChI is InChI=1S/C28H32N2O6S/c1-17(31)29-21-10-11-22-19(14-25(32)36-24(22)15-21)16-35-27(34)23(12-13-37-5)30-26(33)18-6-8-20(9-7-18)28(2,3)4/h6-11,14-15,23H,12-13,16H2,1-5H3,(H,29,31)(H,30,33). The molecule has 37 heavy (non-hydrogen) atoms. The fourth-order valence-corrected chi connectivity index (χ4v) is 4.20. The number of nitrogens with one attached hydrogen (secondary N) is 2. The maximum absolute atomic E-state index is 13.0. The van der Waals surface area contributed by atoms with Gasteiger partial charge in [0.25, 0.3) is 5.91 Å². The van der Waals surface area contributed by atoms with Gasteiger partial charge in [-0.25, -0.2) is 9.59 Å². The SMILES string of the molecule is CSCCC(NC(=O)c1ccc(C(C)(C)C)cc1)C(=O)OCc1cc(=O)oc2cc(NC(C)=O)ccc12. The molecule has 3 aromatic rings. The first-order chi connectivity index (χ1) is 17.5. The Hall–Kier alpha value is -3.59. The van der Waals surface area contributed by atoms with Crippen LogP contribution >= 0.6 is 11.8 Å². The zero-order valence-electron chi connectivity index (χ0n) is 21.7. The summed E-state index contributed by atoms with van der Waals surface area (Å²) in [4.78, 5) is 49.3. The lowest BCUT2D eigenvalue weighted by atomic mass is 9.86. The molecule has 1 heterocycles. The van der Waals surface area contributed by atoms with E-state index in [1.807, 2.05) is 18.4 Å². The van der Waals surface area contributed by atoms with Crippen molar-refractivity contribution in [1.82, 2.24) is 5.32 Å². The normalized spacial score (nSPS) is 12.1. The highest BCUT2D eigenvalue weighted by molar-refractivity contribution is 7.98. The number of amides is 2. The fraction of sp³-hybridized carbons (Fsp3) is 0.357. The summed E-state index contributed by atoms with van der Waals surface area (Å²) in [6, 6.07) is 12.6. The Bertz CT molecular complexity index is 1340. The quantitative estimate of drug-likeness (QED) is 0.309. The van der Waals surface area contributed by atoms with E-state index >= 15 is 0 Å². The molecule has 2 amide bonds. The van der Waals surface area contributed by atoms with Gasteiger partial charge in [-0.2, -0.15) is 11.8 Å². The van der Waals surface area contributed by atoms with Crippen molar-refractivity contribution in [3.63, 3.8) is 0 Å². The van der Waals surface area contributed by atoms with Crippen molar-refractivity contribution in [2.24, 2.45) is 0 Å². The molecule has 0 spiro atoms. The van der Waals surface area contributed by atoms with Crippen LogP contribution in [0.25, 0.3) is 11.0 Å². The van der Waals surface area contributed by atoms with Crippen LogP contribution < -0.4 is 16.3 Å². The van der Waals surface area contributed by atoms with Crippen molar-refractivity contribution in [2.45, 2.75) is 52.2 Å². The van der Waals surface area contributed by atoms with Gasteiger partial charge in [-0.3, -0.25) is 9.59 Å². The highest BCUT2D eigenvalue weighted by Gasteiger charge is 2.24. The number of carbonyl (C=O) groups is 3. The minimum Gasteiger partial charge on any atom is -0.459 e. The third-order valence-corrected chi connectivity index (χ3v) is 6.38. The Labute approximate surface area is 220 Å². The third-order valence-electron chi connectivity index (χ3n) is 5.73. The van der Waals surface area contributed by atoms with Crippen LogP contribution in [-0.2, 0) is 26.3 Å². The molecule has 2 N–H and O–H groups in total. The predicted molar refractivity (Wildman–Crippen MR) is 146 cm³/mol. The van der Waals surface area contributed by atoms with E-state index in [0.29, 0.717) is 34.4 Å². The van der Waals surface area contributed by atoms with Crippen molar-refractivity contribution in [3.05, 3.63) is 75.6 Å². The van der Waals surface area contributed by atoms with Crippen LogP contribution in [-0.4, -0.2) is 35.8 Å². The molecule has 1 unspecified atom stereocenters. The molecule has 0 aliphatic carbocycles.